The lowest BCUT2D eigenvalue weighted by molar-refractivity contribution is 0.639. The number of imidazole rings is 1. The van der Waals surface area contributed by atoms with Gasteiger partial charge in [-0.15, -0.1) is 0 Å². The van der Waals surface area contributed by atoms with Crippen LogP contribution in [0.4, 0.5) is 0 Å². The molecule has 3 heteroatoms. The Balaban J connectivity index is 2.07. The van der Waals surface area contributed by atoms with Gasteiger partial charge in [-0.3, -0.25) is 0 Å². The Morgan fingerprint density at radius 2 is 1.77 bits per heavy atom. The van der Waals surface area contributed by atoms with E-state index in [0.717, 1.165) is 30.7 Å². The van der Waals surface area contributed by atoms with Crippen LogP contribution in [0.25, 0.3) is 11.0 Å². The highest BCUT2D eigenvalue weighted by molar-refractivity contribution is 5.78. The van der Waals surface area contributed by atoms with Crippen LogP contribution < -0.4 is 5.73 Å². The molecule has 3 rings (SSSR count). The van der Waals surface area contributed by atoms with Crippen LogP contribution in [0, 0.1) is 13.8 Å². The van der Waals surface area contributed by atoms with Gasteiger partial charge in [-0.25, -0.2) is 4.98 Å². The minimum atomic E-state index is 0.704. The second-order valence-corrected chi connectivity index (χ2v) is 5.91. The van der Waals surface area contributed by atoms with E-state index in [0.29, 0.717) is 6.54 Å². The highest BCUT2D eigenvalue weighted by Crippen LogP contribution is 2.22. The average molecular weight is 293 g/mol. The van der Waals surface area contributed by atoms with E-state index < -0.39 is 0 Å². The molecule has 2 N–H and O–H groups in total. The van der Waals surface area contributed by atoms with Gasteiger partial charge in [0.05, 0.1) is 11.0 Å². The molecular weight excluding hydrogens is 270 g/mol. The van der Waals surface area contributed by atoms with E-state index in [9.17, 15) is 0 Å². The summed E-state index contributed by atoms with van der Waals surface area (Å²) in [7, 11) is 0. The molecule has 0 unspecified atom stereocenters. The number of rotatable bonds is 5. The van der Waals surface area contributed by atoms with Gasteiger partial charge >= 0.3 is 0 Å². The highest BCUT2D eigenvalue weighted by atomic mass is 15.1. The molecule has 0 amide bonds. The predicted molar refractivity (Wildman–Crippen MR) is 92.1 cm³/mol. The first-order valence-electron chi connectivity index (χ1n) is 7.89. The number of nitrogens with zero attached hydrogens (tertiary/aromatic N) is 2. The summed E-state index contributed by atoms with van der Waals surface area (Å²) in [6, 6.07) is 15.0. The van der Waals surface area contributed by atoms with E-state index in [2.05, 4.69) is 54.8 Å². The van der Waals surface area contributed by atoms with Crippen LogP contribution in [0.5, 0.6) is 0 Å². The zero-order valence-corrected chi connectivity index (χ0v) is 13.3. The van der Waals surface area contributed by atoms with Crippen molar-refractivity contribution in [1.82, 2.24) is 9.55 Å². The number of aryl methyl sites for hydroxylation is 3. The van der Waals surface area contributed by atoms with Crippen molar-refractivity contribution < 1.29 is 0 Å². The molecule has 22 heavy (non-hydrogen) atoms. The Kier molecular flexibility index (Phi) is 4.25. The van der Waals surface area contributed by atoms with Crippen molar-refractivity contribution in [3.05, 3.63) is 65.0 Å². The van der Waals surface area contributed by atoms with E-state index >= 15 is 0 Å². The van der Waals surface area contributed by atoms with Gasteiger partial charge in [0.2, 0.25) is 0 Å². The first kappa shape index (κ1) is 14.8. The quantitative estimate of drug-likeness (QED) is 0.781. The molecule has 2 aromatic carbocycles. The molecule has 3 nitrogen and oxygen atoms in total. The van der Waals surface area contributed by atoms with Gasteiger partial charge in [-0.1, -0.05) is 30.3 Å². The van der Waals surface area contributed by atoms with Crippen molar-refractivity contribution in [2.45, 2.75) is 33.2 Å². The molecule has 1 heterocycles. The Labute approximate surface area is 131 Å². The number of benzene rings is 2. The zero-order valence-electron chi connectivity index (χ0n) is 13.3. The lowest BCUT2D eigenvalue weighted by atomic mass is 10.1. The largest absolute Gasteiger partial charge is 0.330 e. The number of aromatic nitrogens is 2. The lowest BCUT2D eigenvalue weighted by Gasteiger charge is -2.09. The van der Waals surface area contributed by atoms with Crippen LogP contribution in [-0.4, -0.2) is 16.1 Å². The molecule has 0 fully saturated rings. The van der Waals surface area contributed by atoms with Crippen molar-refractivity contribution in [3.63, 3.8) is 0 Å². The molecule has 0 saturated carbocycles. The van der Waals surface area contributed by atoms with Crippen LogP contribution in [0.1, 0.15) is 28.9 Å². The molecule has 0 aliphatic heterocycles. The summed E-state index contributed by atoms with van der Waals surface area (Å²) < 4.78 is 2.33. The summed E-state index contributed by atoms with van der Waals surface area (Å²) in [6.07, 6.45) is 1.83. The third kappa shape index (κ3) is 2.90. The summed E-state index contributed by atoms with van der Waals surface area (Å²) in [6.45, 7) is 5.93. The van der Waals surface area contributed by atoms with E-state index in [-0.39, 0.29) is 0 Å². The van der Waals surface area contributed by atoms with Gasteiger partial charge in [0, 0.05) is 13.0 Å². The minimum absolute atomic E-state index is 0.704. The summed E-state index contributed by atoms with van der Waals surface area (Å²) in [5.41, 5.74) is 11.9. The van der Waals surface area contributed by atoms with Crippen molar-refractivity contribution in [1.29, 1.82) is 0 Å². The highest BCUT2D eigenvalue weighted by Gasteiger charge is 2.12. The van der Waals surface area contributed by atoms with E-state index in [4.69, 9.17) is 10.7 Å². The Hall–Kier alpha value is -2.13. The van der Waals surface area contributed by atoms with Crippen LogP contribution in [0.3, 0.4) is 0 Å². The summed E-state index contributed by atoms with van der Waals surface area (Å²) in [4.78, 5) is 4.88. The third-order valence-corrected chi connectivity index (χ3v) is 4.23. The van der Waals surface area contributed by atoms with Gasteiger partial charge in [-0.05, 0) is 55.6 Å². The maximum atomic E-state index is 5.71. The number of fused-ring (bicyclic) bond motifs is 1. The number of hydrogen-bond acceptors (Lipinski definition) is 2. The Morgan fingerprint density at radius 3 is 2.50 bits per heavy atom. The molecule has 3 aromatic rings. The molecule has 114 valence electrons. The maximum absolute atomic E-state index is 5.71. The zero-order chi connectivity index (χ0) is 15.5. The van der Waals surface area contributed by atoms with Crippen molar-refractivity contribution in [2.75, 3.05) is 6.54 Å². The van der Waals surface area contributed by atoms with E-state index in [1.54, 1.807) is 0 Å². The monoisotopic (exact) mass is 293 g/mol. The average Bonchev–Trinajstić information content (AvgIpc) is 2.83. The smallest absolute Gasteiger partial charge is 0.114 e. The first-order chi connectivity index (χ1) is 10.7. The Morgan fingerprint density at radius 1 is 1.05 bits per heavy atom. The second kappa shape index (κ2) is 6.32. The molecule has 1 aromatic heterocycles. The van der Waals surface area contributed by atoms with Gasteiger partial charge in [0.15, 0.2) is 0 Å². The molecule has 0 aliphatic rings. The molecule has 0 radical (unpaired) electrons. The number of hydrogen-bond donors (Lipinski definition) is 1. The molecule has 0 aliphatic carbocycles. The molecular formula is C19H23N3. The van der Waals surface area contributed by atoms with Gasteiger partial charge in [0.25, 0.3) is 0 Å². The van der Waals surface area contributed by atoms with E-state index in [1.807, 2.05) is 6.07 Å². The molecule has 0 spiro atoms. The first-order valence-corrected chi connectivity index (χ1v) is 7.89. The predicted octanol–water partition coefficient (Wildman–Crippen LogP) is 3.59. The minimum Gasteiger partial charge on any atom is -0.330 e. The van der Waals surface area contributed by atoms with Gasteiger partial charge in [0.1, 0.15) is 5.82 Å². The topological polar surface area (TPSA) is 43.8 Å². The van der Waals surface area contributed by atoms with Gasteiger partial charge < -0.3 is 10.3 Å². The fourth-order valence-electron chi connectivity index (χ4n) is 2.84. The number of nitrogens with two attached hydrogens (primary N) is 1. The van der Waals surface area contributed by atoms with Crippen LogP contribution in [-0.2, 0) is 13.0 Å². The Bertz CT molecular complexity index is 772. The third-order valence-electron chi connectivity index (χ3n) is 4.23. The van der Waals surface area contributed by atoms with Crippen molar-refractivity contribution in [3.8, 4) is 0 Å². The lowest BCUT2D eigenvalue weighted by Crippen LogP contribution is -2.09. The molecule has 0 bridgehead atoms. The van der Waals surface area contributed by atoms with Crippen molar-refractivity contribution >= 4 is 11.0 Å². The molecule has 0 atom stereocenters. The fraction of sp³-hybridized carbons (Fsp3) is 0.316. The fourth-order valence-corrected chi connectivity index (χ4v) is 2.84. The van der Waals surface area contributed by atoms with Crippen molar-refractivity contribution in [2.24, 2.45) is 5.73 Å². The van der Waals surface area contributed by atoms with Crippen LogP contribution >= 0.6 is 0 Å². The summed E-state index contributed by atoms with van der Waals surface area (Å²) in [5.74, 6) is 1.12. The molecule has 0 saturated heterocycles. The maximum Gasteiger partial charge on any atom is 0.114 e. The van der Waals surface area contributed by atoms with Gasteiger partial charge in [-0.2, -0.15) is 0 Å². The van der Waals surface area contributed by atoms with Crippen LogP contribution in [0.15, 0.2) is 42.5 Å². The SMILES string of the molecule is Cc1cc2nc(Cc3ccccc3)n(CCCN)c2cc1C. The second-order valence-electron chi connectivity index (χ2n) is 5.91. The van der Waals surface area contributed by atoms with E-state index in [1.165, 1.54) is 22.2 Å². The standard InChI is InChI=1S/C19H23N3/c1-14-11-17-18(12-15(14)2)22(10-6-9-20)19(21-17)13-16-7-4-3-5-8-16/h3-5,7-8,11-12H,6,9-10,13,20H2,1-2H3. The normalized spacial score (nSPS) is 11.2. The van der Waals surface area contributed by atoms with Crippen LogP contribution in [0.2, 0.25) is 0 Å². The summed E-state index contributed by atoms with van der Waals surface area (Å²) in [5, 5.41) is 0. The summed E-state index contributed by atoms with van der Waals surface area (Å²) >= 11 is 0.